The molecule has 0 aromatic heterocycles. The van der Waals surface area contributed by atoms with Gasteiger partial charge in [-0.3, -0.25) is 9.69 Å². The molecule has 124 valence electrons. The highest BCUT2D eigenvalue weighted by molar-refractivity contribution is 6.30. The van der Waals surface area contributed by atoms with Crippen molar-refractivity contribution in [3.8, 4) is 0 Å². The summed E-state index contributed by atoms with van der Waals surface area (Å²) in [7, 11) is 0. The van der Waals surface area contributed by atoms with Crippen LogP contribution in [0.3, 0.4) is 0 Å². The van der Waals surface area contributed by atoms with Gasteiger partial charge in [-0.25, -0.2) is 9.18 Å². The molecule has 5 nitrogen and oxygen atoms in total. The number of nitrogens with one attached hydrogen (secondary N) is 1. The summed E-state index contributed by atoms with van der Waals surface area (Å²) in [4.78, 5) is 25.3. The van der Waals surface area contributed by atoms with E-state index in [0.717, 1.165) is 0 Å². The highest BCUT2D eigenvalue weighted by Crippen LogP contribution is 2.22. The van der Waals surface area contributed by atoms with E-state index in [0.29, 0.717) is 16.3 Å². The Kier molecular flexibility index (Phi) is 4.66. The number of carbonyl (C=O) groups is 2. The molecule has 7 heteroatoms. The van der Waals surface area contributed by atoms with Gasteiger partial charge in [0.05, 0.1) is 18.8 Å². The molecule has 0 spiro atoms. The lowest BCUT2D eigenvalue weighted by Gasteiger charge is -2.13. The number of rotatable bonds is 4. The van der Waals surface area contributed by atoms with Gasteiger partial charge in [0.25, 0.3) is 5.91 Å². The number of hydrogen-bond donors (Lipinski definition) is 1. The molecular formula is C17H14ClFN2O3. The molecule has 0 radical (unpaired) electrons. The molecular weight excluding hydrogens is 335 g/mol. The smallest absolute Gasteiger partial charge is 0.414 e. The fourth-order valence-corrected chi connectivity index (χ4v) is 2.61. The Balaban J connectivity index is 1.59. The van der Waals surface area contributed by atoms with Gasteiger partial charge in [0, 0.05) is 10.6 Å². The predicted octanol–water partition coefficient (Wildman–Crippen LogP) is 3.23. The molecule has 2 amide bonds. The minimum atomic E-state index is -0.567. The summed E-state index contributed by atoms with van der Waals surface area (Å²) in [5, 5.41) is 3.16. The van der Waals surface area contributed by atoms with Gasteiger partial charge < -0.3 is 10.1 Å². The monoisotopic (exact) mass is 348 g/mol. The number of benzene rings is 2. The normalized spacial score (nSPS) is 16.8. The van der Waals surface area contributed by atoms with Crippen LogP contribution in [-0.4, -0.2) is 31.2 Å². The molecule has 1 heterocycles. The molecule has 24 heavy (non-hydrogen) atoms. The van der Waals surface area contributed by atoms with E-state index >= 15 is 0 Å². The van der Waals surface area contributed by atoms with Crippen molar-refractivity contribution >= 4 is 29.3 Å². The van der Waals surface area contributed by atoms with Gasteiger partial charge >= 0.3 is 6.09 Å². The fraction of sp³-hybridized carbons (Fsp3) is 0.176. The predicted molar refractivity (Wildman–Crippen MR) is 87.8 cm³/mol. The van der Waals surface area contributed by atoms with Gasteiger partial charge in [-0.2, -0.15) is 0 Å². The summed E-state index contributed by atoms with van der Waals surface area (Å²) >= 11 is 5.85. The van der Waals surface area contributed by atoms with Crippen LogP contribution in [0.25, 0.3) is 0 Å². The zero-order valence-electron chi connectivity index (χ0n) is 12.5. The second kappa shape index (κ2) is 6.88. The third kappa shape index (κ3) is 3.65. The number of anilines is 1. The summed E-state index contributed by atoms with van der Waals surface area (Å²) in [6.45, 7) is 0.390. The average molecular weight is 349 g/mol. The van der Waals surface area contributed by atoms with Gasteiger partial charge in [0.15, 0.2) is 0 Å². The molecule has 0 bridgehead atoms. The lowest BCUT2D eigenvalue weighted by molar-refractivity contribution is 0.0916. The van der Waals surface area contributed by atoms with Crippen molar-refractivity contribution in [3.05, 3.63) is 64.9 Å². The Morgan fingerprint density at radius 1 is 1.29 bits per heavy atom. The Bertz CT molecular complexity index is 784. The van der Waals surface area contributed by atoms with Crippen LogP contribution in [0.5, 0.6) is 0 Å². The molecule has 2 aromatic carbocycles. The molecule has 1 N–H and O–H groups in total. The van der Waals surface area contributed by atoms with Crippen LogP contribution in [-0.2, 0) is 4.74 Å². The van der Waals surface area contributed by atoms with Crippen molar-refractivity contribution in [2.75, 3.05) is 18.0 Å². The molecule has 1 fully saturated rings. The molecule has 0 saturated carbocycles. The first-order chi connectivity index (χ1) is 11.5. The Morgan fingerprint density at radius 3 is 2.83 bits per heavy atom. The minimum Gasteiger partial charge on any atom is -0.442 e. The van der Waals surface area contributed by atoms with E-state index in [9.17, 15) is 14.0 Å². The fourth-order valence-electron chi connectivity index (χ4n) is 2.42. The molecule has 1 saturated heterocycles. The molecule has 1 unspecified atom stereocenters. The van der Waals surface area contributed by atoms with Crippen LogP contribution in [0.15, 0.2) is 48.5 Å². The van der Waals surface area contributed by atoms with Crippen molar-refractivity contribution in [1.82, 2.24) is 5.32 Å². The third-order valence-electron chi connectivity index (χ3n) is 3.57. The number of halogens is 2. The number of carbonyl (C=O) groups excluding carboxylic acids is 2. The van der Waals surface area contributed by atoms with E-state index in [2.05, 4.69) is 5.32 Å². The van der Waals surface area contributed by atoms with E-state index in [1.54, 1.807) is 30.3 Å². The Labute approximate surface area is 143 Å². The van der Waals surface area contributed by atoms with E-state index in [1.807, 2.05) is 0 Å². The van der Waals surface area contributed by atoms with Crippen LogP contribution < -0.4 is 10.2 Å². The molecule has 3 rings (SSSR count). The second-order valence-corrected chi connectivity index (χ2v) is 5.75. The number of nitrogens with zero attached hydrogens (tertiary/aromatic N) is 1. The molecule has 0 aliphatic carbocycles. The third-order valence-corrected chi connectivity index (χ3v) is 3.81. The zero-order chi connectivity index (χ0) is 17.1. The van der Waals surface area contributed by atoms with E-state index in [-0.39, 0.29) is 19.0 Å². The highest BCUT2D eigenvalue weighted by Gasteiger charge is 2.32. The van der Waals surface area contributed by atoms with Crippen molar-refractivity contribution in [2.45, 2.75) is 6.10 Å². The van der Waals surface area contributed by atoms with E-state index in [1.165, 1.54) is 23.1 Å². The Hall–Kier alpha value is -2.60. The Morgan fingerprint density at radius 2 is 2.08 bits per heavy atom. The van der Waals surface area contributed by atoms with E-state index < -0.39 is 18.0 Å². The van der Waals surface area contributed by atoms with Crippen LogP contribution in [0.4, 0.5) is 14.9 Å². The number of hydrogen-bond acceptors (Lipinski definition) is 3. The van der Waals surface area contributed by atoms with Crippen LogP contribution in [0, 0.1) is 5.82 Å². The lowest BCUT2D eigenvalue weighted by Crippen LogP contribution is -2.34. The van der Waals surface area contributed by atoms with Crippen molar-refractivity contribution < 1.29 is 18.7 Å². The SMILES string of the molecule is O=C(NCC1CN(c2cccc(F)c2)C(=O)O1)c1cccc(Cl)c1. The highest BCUT2D eigenvalue weighted by atomic mass is 35.5. The molecule has 1 aliphatic heterocycles. The summed E-state index contributed by atoms with van der Waals surface area (Å²) in [5.74, 6) is -0.740. The average Bonchev–Trinajstić information content (AvgIpc) is 2.93. The number of ether oxygens (including phenoxy) is 1. The van der Waals surface area contributed by atoms with Gasteiger partial charge in [0.1, 0.15) is 11.9 Å². The summed E-state index contributed by atoms with van der Waals surface area (Å²) in [6.07, 6.45) is -1.08. The van der Waals surface area contributed by atoms with Crippen molar-refractivity contribution in [3.63, 3.8) is 0 Å². The second-order valence-electron chi connectivity index (χ2n) is 5.32. The van der Waals surface area contributed by atoms with Gasteiger partial charge in [0.2, 0.25) is 0 Å². The van der Waals surface area contributed by atoms with Gasteiger partial charge in [-0.1, -0.05) is 23.7 Å². The van der Waals surface area contributed by atoms with E-state index in [4.69, 9.17) is 16.3 Å². The maximum atomic E-state index is 13.3. The standard InChI is InChI=1S/C17H14ClFN2O3/c18-12-4-1-3-11(7-12)16(22)20-9-15-10-21(17(23)24-15)14-6-2-5-13(19)8-14/h1-8,15H,9-10H2,(H,20,22). The quantitative estimate of drug-likeness (QED) is 0.922. The maximum absolute atomic E-state index is 13.3. The first kappa shape index (κ1) is 16.3. The van der Waals surface area contributed by atoms with Crippen molar-refractivity contribution in [1.29, 1.82) is 0 Å². The number of cyclic esters (lactones) is 1. The summed E-state index contributed by atoms with van der Waals surface area (Å²) < 4.78 is 18.5. The lowest BCUT2D eigenvalue weighted by atomic mass is 10.2. The first-order valence-corrected chi connectivity index (χ1v) is 7.68. The van der Waals surface area contributed by atoms with Crippen LogP contribution >= 0.6 is 11.6 Å². The molecule has 1 aliphatic rings. The van der Waals surface area contributed by atoms with Gasteiger partial charge in [-0.05, 0) is 36.4 Å². The largest absolute Gasteiger partial charge is 0.442 e. The molecule has 1 atom stereocenters. The summed E-state index contributed by atoms with van der Waals surface area (Å²) in [6, 6.07) is 12.2. The first-order valence-electron chi connectivity index (χ1n) is 7.30. The maximum Gasteiger partial charge on any atom is 0.414 e. The van der Waals surface area contributed by atoms with Crippen molar-refractivity contribution in [2.24, 2.45) is 0 Å². The van der Waals surface area contributed by atoms with Crippen LogP contribution in [0.1, 0.15) is 10.4 Å². The summed E-state index contributed by atoms with van der Waals surface area (Å²) in [5.41, 5.74) is 0.845. The number of amides is 2. The zero-order valence-corrected chi connectivity index (χ0v) is 13.3. The van der Waals surface area contributed by atoms with Crippen LogP contribution in [0.2, 0.25) is 5.02 Å². The molecule has 2 aromatic rings. The topological polar surface area (TPSA) is 58.6 Å². The van der Waals surface area contributed by atoms with Gasteiger partial charge in [-0.15, -0.1) is 0 Å². The minimum absolute atomic E-state index is 0.156.